The van der Waals surface area contributed by atoms with Gasteiger partial charge in [-0.2, -0.15) is 5.10 Å². The fourth-order valence-electron chi connectivity index (χ4n) is 3.80. The van der Waals surface area contributed by atoms with Gasteiger partial charge in [-0.25, -0.2) is 12.7 Å². The fourth-order valence-corrected chi connectivity index (χ4v) is 4.97. The fraction of sp³-hybridized carbons (Fsp3) is 0.786. The Balaban J connectivity index is 1.68. The first-order valence-electron chi connectivity index (χ1n) is 7.68. The average Bonchev–Trinajstić information content (AvgIpc) is 3.08. The summed E-state index contributed by atoms with van der Waals surface area (Å²) >= 11 is 0. The van der Waals surface area contributed by atoms with Crippen molar-refractivity contribution in [2.45, 2.75) is 38.4 Å². The van der Waals surface area contributed by atoms with E-state index in [1.165, 1.54) is 0 Å². The summed E-state index contributed by atoms with van der Waals surface area (Å²) in [5.41, 5.74) is 0. The maximum Gasteiger partial charge on any atom is 0.213 e. The lowest BCUT2D eigenvalue weighted by Gasteiger charge is -2.36. The summed E-state index contributed by atoms with van der Waals surface area (Å²) in [6.07, 6.45) is 5.79. The quantitative estimate of drug-likeness (QED) is 0.818. The molecule has 0 aromatic carbocycles. The molecule has 0 radical (unpaired) electrons. The second-order valence-electron chi connectivity index (χ2n) is 6.16. The molecule has 2 saturated heterocycles. The minimum Gasteiger partial charge on any atom is -0.298 e. The van der Waals surface area contributed by atoms with Gasteiger partial charge in [0.1, 0.15) is 0 Å². The molecule has 1 aromatic heterocycles. The lowest BCUT2D eigenvalue weighted by atomic mass is 9.93. The second kappa shape index (κ2) is 5.70. The van der Waals surface area contributed by atoms with Crippen LogP contribution in [0.4, 0.5) is 0 Å². The van der Waals surface area contributed by atoms with Crippen molar-refractivity contribution in [3.63, 3.8) is 0 Å². The number of likely N-dealkylation sites (N-methyl/N-ethyl adjacent to an activating group) is 1. The highest BCUT2D eigenvalue weighted by atomic mass is 32.2. The van der Waals surface area contributed by atoms with Gasteiger partial charge in [-0.05, 0) is 38.8 Å². The van der Waals surface area contributed by atoms with Crippen LogP contribution in [0.2, 0.25) is 0 Å². The molecule has 0 N–H and O–H groups in total. The lowest BCUT2D eigenvalue weighted by molar-refractivity contribution is 0.155. The van der Waals surface area contributed by atoms with Crippen molar-refractivity contribution >= 4 is 10.0 Å². The topological polar surface area (TPSA) is 58.4 Å². The summed E-state index contributed by atoms with van der Waals surface area (Å²) in [6, 6.07) is 2.90. The number of hydrogen-bond donors (Lipinski definition) is 0. The first kappa shape index (κ1) is 15.0. The molecular formula is C14H24N4O2S. The normalized spacial score (nSPS) is 31.4. The highest BCUT2D eigenvalue weighted by molar-refractivity contribution is 7.89. The summed E-state index contributed by atoms with van der Waals surface area (Å²) in [7, 11) is -0.878. The molecule has 21 heavy (non-hydrogen) atoms. The van der Waals surface area contributed by atoms with E-state index in [1.54, 1.807) is 17.4 Å². The number of aromatic nitrogens is 2. The van der Waals surface area contributed by atoms with Gasteiger partial charge in [0.2, 0.25) is 10.0 Å². The average molecular weight is 312 g/mol. The van der Waals surface area contributed by atoms with E-state index in [1.807, 2.05) is 16.9 Å². The number of piperidine rings is 1. The van der Waals surface area contributed by atoms with Crippen LogP contribution in [0.3, 0.4) is 0 Å². The first-order valence-corrected chi connectivity index (χ1v) is 9.29. The van der Waals surface area contributed by atoms with Gasteiger partial charge in [0, 0.05) is 37.6 Å². The number of nitrogens with zero attached hydrogens (tertiary/aromatic N) is 4. The predicted molar refractivity (Wildman–Crippen MR) is 81.3 cm³/mol. The van der Waals surface area contributed by atoms with Crippen LogP contribution in [0, 0.1) is 5.92 Å². The van der Waals surface area contributed by atoms with Crippen LogP contribution in [0.25, 0.3) is 0 Å². The van der Waals surface area contributed by atoms with E-state index in [0.717, 1.165) is 19.4 Å². The molecule has 3 atom stereocenters. The van der Waals surface area contributed by atoms with Crippen LogP contribution < -0.4 is 0 Å². The van der Waals surface area contributed by atoms with Crippen LogP contribution in [0.15, 0.2) is 18.5 Å². The third-order valence-corrected chi connectivity index (χ3v) is 6.89. The number of likely N-dealkylation sites (tertiary alicyclic amines) is 1. The molecular weight excluding hydrogens is 288 g/mol. The Hall–Kier alpha value is -0.920. The molecule has 0 amide bonds. The molecule has 0 spiro atoms. The second-order valence-corrected chi connectivity index (χ2v) is 8.42. The van der Waals surface area contributed by atoms with Crippen molar-refractivity contribution < 1.29 is 8.42 Å². The van der Waals surface area contributed by atoms with Crippen LogP contribution in [-0.4, -0.2) is 65.4 Å². The molecule has 0 aliphatic carbocycles. The van der Waals surface area contributed by atoms with Crippen molar-refractivity contribution in [1.29, 1.82) is 0 Å². The highest BCUT2D eigenvalue weighted by Gasteiger charge is 2.43. The van der Waals surface area contributed by atoms with Crippen molar-refractivity contribution in [2.75, 3.05) is 25.9 Å². The summed E-state index contributed by atoms with van der Waals surface area (Å²) in [5.74, 6) is 0.655. The van der Waals surface area contributed by atoms with Gasteiger partial charge >= 0.3 is 0 Å². The van der Waals surface area contributed by atoms with Crippen LogP contribution in [-0.2, 0) is 16.6 Å². The summed E-state index contributed by atoms with van der Waals surface area (Å²) < 4.78 is 27.8. The van der Waals surface area contributed by atoms with Crippen LogP contribution in [0.1, 0.15) is 19.8 Å². The summed E-state index contributed by atoms with van der Waals surface area (Å²) in [4.78, 5) is 2.43. The molecule has 7 heteroatoms. The molecule has 0 saturated carbocycles. The third-order valence-electron chi connectivity index (χ3n) is 5.05. The molecule has 3 rings (SSSR count). The minimum atomic E-state index is -3.05. The standard InChI is InChI=1S/C14H24N4O2S/c1-3-21(19,20)18-8-5-14-12(10-18)9-13(16(14)2)11-17-7-4-6-15-17/h4,6-7,12-14H,3,5,8-11H2,1-2H3/t12-,13+,14+/m0/s1. The Labute approximate surface area is 126 Å². The number of hydrogen-bond acceptors (Lipinski definition) is 4. The van der Waals surface area contributed by atoms with Crippen molar-refractivity contribution in [3.05, 3.63) is 18.5 Å². The van der Waals surface area contributed by atoms with Gasteiger partial charge < -0.3 is 0 Å². The van der Waals surface area contributed by atoms with Gasteiger partial charge in [-0.1, -0.05) is 0 Å². The van der Waals surface area contributed by atoms with E-state index in [4.69, 9.17) is 0 Å². The molecule has 2 aliphatic rings. The maximum atomic E-state index is 12.1. The molecule has 0 unspecified atom stereocenters. The van der Waals surface area contributed by atoms with Crippen LogP contribution >= 0.6 is 0 Å². The molecule has 1 aromatic rings. The van der Waals surface area contributed by atoms with Gasteiger partial charge in [-0.15, -0.1) is 0 Å². The monoisotopic (exact) mass is 312 g/mol. The first-order chi connectivity index (χ1) is 10.0. The van der Waals surface area contributed by atoms with Gasteiger partial charge in [0.25, 0.3) is 0 Å². The Morgan fingerprint density at radius 3 is 2.86 bits per heavy atom. The number of sulfonamides is 1. The molecule has 2 fully saturated rings. The Kier molecular flexibility index (Phi) is 4.07. The molecule has 118 valence electrons. The van der Waals surface area contributed by atoms with Gasteiger partial charge in [-0.3, -0.25) is 9.58 Å². The maximum absolute atomic E-state index is 12.1. The zero-order valence-electron chi connectivity index (χ0n) is 12.7. The Morgan fingerprint density at radius 2 is 2.19 bits per heavy atom. The Morgan fingerprint density at radius 1 is 1.38 bits per heavy atom. The van der Waals surface area contributed by atoms with E-state index in [2.05, 4.69) is 17.0 Å². The van der Waals surface area contributed by atoms with Gasteiger partial charge in [0.15, 0.2) is 0 Å². The lowest BCUT2D eigenvalue weighted by Crippen LogP contribution is -2.48. The largest absolute Gasteiger partial charge is 0.298 e. The van der Waals surface area contributed by atoms with E-state index >= 15 is 0 Å². The third kappa shape index (κ3) is 2.86. The van der Waals surface area contributed by atoms with E-state index in [-0.39, 0.29) is 5.75 Å². The molecule has 0 bridgehead atoms. The van der Waals surface area contributed by atoms with Crippen molar-refractivity contribution in [3.8, 4) is 0 Å². The SMILES string of the molecule is CCS(=O)(=O)N1CC[C@@H]2[C@@H](C[C@H](Cn3cccn3)N2C)C1. The van der Waals surface area contributed by atoms with E-state index in [9.17, 15) is 8.42 Å². The zero-order chi connectivity index (χ0) is 15.0. The predicted octanol–water partition coefficient (Wildman–Crippen LogP) is 0.627. The van der Waals surface area contributed by atoms with Crippen molar-refractivity contribution in [2.24, 2.45) is 5.92 Å². The summed E-state index contributed by atoms with van der Waals surface area (Å²) in [5, 5.41) is 4.28. The highest BCUT2D eigenvalue weighted by Crippen LogP contribution is 2.35. The minimum absolute atomic E-state index is 0.205. The Bertz CT molecular complexity index is 572. The van der Waals surface area contributed by atoms with Crippen molar-refractivity contribution in [1.82, 2.24) is 19.0 Å². The van der Waals surface area contributed by atoms with E-state index in [0.29, 0.717) is 31.1 Å². The van der Waals surface area contributed by atoms with E-state index < -0.39 is 10.0 Å². The smallest absolute Gasteiger partial charge is 0.213 e. The molecule has 2 aliphatic heterocycles. The number of fused-ring (bicyclic) bond motifs is 1. The zero-order valence-corrected chi connectivity index (χ0v) is 13.5. The van der Waals surface area contributed by atoms with Crippen LogP contribution in [0.5, 0.6) is 0 Å². The molecule has 3 heterocycles. The molecule has 6 nitrogen and oxygen atoms in total. The van der Waals surface area contributed by atoms with Gasteiger partial charge in [0.05, 0.1) is 12.3 Å². The number of rotatable bonds is 4. The summed E-state index contributed by atoms with van der Waals surface area (Å²) in [6.45, 7) is 3.96.